The fraction of sp³-hybridized carbons (Fsp3) is 0.364. The minimum absolute atomic E-state index is 0.0466. The summed E-state index contributed by atoms with van der Waals surface area (Å²) in [6, 6.07) is 9.71. The molecule has 0 saturated carbocycles. The van der Waals surface area contributed by atoms with Gasteiger partial charge in [-0.05, 0) is 55.7 Å². The lowest BCUT2D eigenvalue weighted by Crippen LogP contribution is -2.36. The minimum atomic E-state index is -1.02. The summed E-state index contributed by atoms with van der Waals surface area (Å²) >= 11 is 0. The maximum Gasteiger partial charge on any atom is 0.335 e. The third-order valence-electron chi connectivity index (χ3n) is 5.59. The molecule has 4 rings (SSSR count). The van der Waals surface area contributed by atoms with Crippen LogP contribution in [-0.4, -0.2) is 45.2 Å². The summed E-state index contributed by atoms with van der Waals surface area (Å²) in [6.45, 7) is 4.54. The van der Waals surface area contributed by atoms with Crippen LogP contribution in [0.25, 0.3) is 11.0 Å². The number of H-pyrrole nitrogens is 1. The summed E-state index contributed by atoms with van der Waals surface area (Å²) in [7, 11) is 0. The first-order valence-corrected chi connectivity index (χ1v) is 10.1. The molecule has 0 amide bonds. The van der Waals surface area contributed by atoms with E-state index in [2.05, 4.69) is 9.88 Å². The van der Waals surface area contributed by atoms with E-state index in [1.807, 2.05) is 6.92 Å². The normalized spacial score (nSPS) is 15.5. The van der Waals surface area contributed by atoms with Gasteiger partial charge in [0, 0.05) is 25.7 Å². The number of carboxylic acids is 1. The first kappa shape index (κ1) is 20.2. The summed E-state index contributed by atoms with van der Waals surface area (Å²) in [5.41, 5.74) is 2.19. The number of carboxylic acid groups (broad SMARTS) is 1. The van der Waals surface area contributed by atoms with Crippen LogP contribution in [0.1, 0.15) is 41.7 Å². The predicted octanol–water partition coefficient (Wildman–Crippen LogP) is 3.40. The zero-order chi connectivity index (χ0) is 21.3. The van der Waals surface area contributed by atoms with Gasteiger partial charge >= 0.3 is 11.7 Å². The average Bonchev–Trinajstić information content (AvgIpc) is 3.06. The van der Waals surface area contributed by atoms with Crippen LogP contribution in [0.2, 0.25) is 0 Å². The lowest BCUT2D eigenvalue weighted by atomic mass is 10.0. The van der Waals surface area contributed by atoms with Crippen molar-refractivity contribution in [1.82, 2.24) is 14.5 Å². The van der Waals surface area contributed by atoms with Gasteiger partial charge in [0.15, 0.2) is 11.6 Å². The van der Waals surface area contributed by atoms with Gasteiger partial charge in [-0.1, -0.05) is 6.07 Å². The van der Waals surface area contributed by atoms with Crippen molar-refractivity contribution in [2.24, 2.45) is 0 Å². The number of halogens is 1. The highest BCUT2D eigenvalue weighted by molar-refractivity contribution is 5.92. The second kappa shape index (κ2) is 8.31. The number of ether oxygens (including phenoxy) is 1. The van der Waals surface area contributed by atoms with E-state index in [-0.39, 0.29) is 28.9 Å². The Morgan fingerprint density at radius 2 is 2.00 bits per heavy atom. The van der Waals surface area contributed by atoms with Gasteiger partial charge in [0.1, 0.15) is 0 Å². The molecule has 1 saturated heterocycles. The molecule has 1 aliphatic rings. The molecule has 2 N–H and O–H groups in total. The van der Waals surface area contributed by atoms with Crippen LogP contribution in [0.4, 0.5) is 4.39 Å². The third kappa shape index (κ3) is 3.95. The number of aromatic amines is 1. The molecule has 0 atom stereocenters. The van der Waals surface area contributed by atoms with Crippen LogP contribution in [0.5, 0.6) is 5.75 Å². The standard InChI is InChI=1S/C22H24FN3O4/c1-2-30-20-11-14(3-5-17(20)23)13-25-9-7-16(8-10-25)26-19-6-4-15(21(27)28)12-18(19)24-22(26)29/h3-6,11-12,16H,2,7-10,13H2,1H3,(H,24,29)(H,27,28). The number of benzene rings is 2. The van der Waals surface area contributed by atoms with Crippen LogP contribution < -0.4 is 10.4 Å². The first-order valence-electron chi connectivity index (χ1n) is 10.1. The van der Waals surface area contributed by atoms with E-state index < -0.39 is 5.97 Å². The maximum atomic E-state index is 13.8. The van der Waals surface area contributed by atoms with Crippen molar-refractivity contribution in [3.8, 4) is 5.75 Å². The highest BCUT2D eigenvalue weighted by Gasteiger charge is 2.24. The Bertz CT molecular complexity index is 1130. The Hall–Kier alpha value is -3.13. The van der Waals surface area contributed by atoms with Gasteiger partial charge < -0.3 is 14.8 Å². The van der Waals surface area contributed by atoms with Crippen LogP contribution in [0.3, 0.4) is 0 Å². The number of piperidine rings is 1. The van der Waals surface area contributed by atoms with E-state index in [9.17, 15) is 14.0 Å². The SMILES string of the molecule is CCOc1cc(CN2CCC(n3c(=O)[nH]c4cc(C(=O)O)ccc43)CC2)ccc1F. The van der Waals surface area contributed by atoms with Gasteiger partial charge in [0.2, 0.25) is 0 Å². The lowest BCUT2D eigenvalue weighted by molar-refractivity contribution is 0.0697. The Kier molecular flexibility index (Phi) is 5.59. The fourth-order valence-electron chi connectivity index (χ4n) is 4.13. The van der Waals surface area contributed by atoms with Crippen LogP contribution in [0.15, 0.2) is 41.2 Å². The van der Waals surface area contributed by atoms with E-state index in [1.165, 1.54) is 18.2 Å². The topological polar surface area (TPSA) is 87.6 Å². The third-order valence-corrected chi connectivity index (χ3v) is 5.59. The predicted molar refractivity (Wildman–Crippen MR) is 111 cm³/mol. The molecule has 2 aromatic carbocycles. The maximum absolute atomic E-state index is 13.8. The molecular weight excluding hydrogens is 389 g/mol. The quantitative estimate of drug-likeness (QED) is 0.647. The Balaban J connectivity index is 1.46. The summed E-state index contributed by atoms with van der Waals surface area (Å²) in [6.07, 6.45) is 1.60. The Morgan fingerprint density at radius 1 is 1.23 bits per heavy atom. The summed E-state index contributed by atoms with van der Waals surface area (Å²) in [4.78, 5) is 28.7. The van der Waals surface area contributed by atoms with Gasteiger partial charge in [0.05, 0.1) is 23.2 Å². The number of imidazole rings is 1. The average molecular weight is 413 g/mol. The number of nitrogens with zero attached hydrogens (tertiary/aromatic N) is 2. The van der Waals surface area contributed by atoms with Crippen molar-refractivity contribution in [3.63, 3.8) is 0 Å². The van der Waals surface area contributed by atoms with E-state index in [0.29, 0.717) is 18.7 Å². The number of hydrogen-bond donors (Lipinski definition) is 2. The van der Waals surface area contributed by atoms with Crippen LogP contribution in [-0.2, 0) is 6.54 Å². The lowest BCUT2D eigenvalue weighted by Gasteiger charge is -2.32. The molecule has 8 heteroatoms. The molecule has 0 bridgehead atoms. The van der Waals surface area contributed by atoms with Crippen molar-refractivity contribution in [1.29, 1.82) is 0 Å². The van der Waals surface area contributed by atoms with Gasteiger partial charge in [0.25, 0.3) is 0 Å². The molecule has 1 aromatic heterocycles. The number of aromatic nitrogens is 2. The molecule has 0 unspecified atom stereocenters. The van der Waals surface area contributed by atoms with Gasteiger partial charge in [-0.2, -0.15) is 0 Å². The number of nitrogens with one attached hydrogen (secondary N) is 1. The van der Waals surface area contributed by atoms with E-state index in [1.54, 1.807) is 22.8 Å². The molecule has 2 heterocycles. The second-order valence-corrected chi connectivity index (χ2v) is 7.54. The number of fused-ring (bicyclic) bond motifs is 1. The number of rotatable bonds is 6. The first-order chi connectivity index (χ1) is 14.5. The molecular formula is C22H24FN3O4. The van der Waals surface area contributed by atoms with E-state index in [0.717, 1.165) is 37.0 Å². The zero-order valence-corrected chi connectivity index (χ0v) is 16.7. The minimum Gasteiger partial charge on any atom is -0.491 e. The zero-order valence-electron chi connectivity index (χ0n) is 16.7. The molecule has 1 aliphatic heterocycles. The molecule has 1 fully saturated rings. The van der Waals surface area contributed by atoms with E-state index >= 15 is 0 Å². The number of hydrogen-bond acceptors (Lipinski definition) is 4. The van der Waals surface area contributed by atoms with E-state index in [4.69, 9.17) is 9.84 Å². The van der Waals surface area contributed by atoms with Gasteiger partial charge in [-0.15, -0.1) is 0 Å². The van der Waals surface area contributed by atoms with Crippen molar-refractivity contribution >= 4 is 17.0 Å². The molecule has 30 heavy (non-hydrogen) atoms. The molecule has 3 aromatic rings. The van der Waals surface area contributed by atoms with Crippen molar-refractivity contribution in [2.75, 3.05) is 19.7 Å². The van der Waals surface area contributed by atoms with Crippen molar-refractivity contribution in [3.05, 3.63) is 63.8 Å². The largest absolute Gasteiger partial charge is 0.491 e. The molecule has 0 spiro atoms. The monoisotopic (exact) mass is 413 g/mol. The van der Waals surface area contributed by atoms with Crippen LogP contribution in [0, 0.1) is 5.82 Å². The highest BCUT2D eigenvalue weighted by atomic mass is 19.1. The van der Waals surface area contributed by atoms with Gasteiger partial charge in [-0.25, -0.2) is 14.0 Å². The summed E-state index contributed by atoms with van der Waals surface area (Å²) in [5, 5.41) is 9.15. The second-order valence-electron chi connectivity index (χ2n) is 7.54. The van der Waals surface area contributed by atoms with Crippen molar-refractivity contribution in [2.45, 2.75) is 32.4 Å². The van der Waals surface area contributed by atoms with Crippen molar-refractivity contribution < 1.29 is 19.0 Å². The molecule has 0 aliphatic carbocycles. The van der Waals surface area contributed by atoms with Gasteiger partial charge in [-0.3, -0.25) is 9.47 Å². The smallest absolute Gasteiger partial charge is 0.335 e. The fourth-order valence-corrected chi connectivity index (χ4v) is 4.13. The molecule has 158 valence electrons. The molecule has 7 nitrogen and oxygen atoms in total. The summed E-state index contributed by atoms with van der Waals surface area (Å²) in [5.74, 6) is -1.10. The number of likely N-dealkylation sites (tertiary alicyclic amines) is 1. The summed E-state index contributed by atoms with van der Waals surface area (Å²) < 4.78 is 20.8. The van der Waals surface area contributed by atoms with Crippen LogP contribution >= 0.6 is 0 Å². The number of carbonyl (C=O) groups is 1. The Morgan fingerprint density at radius 3 is 2.70 bits per heavy atom. The number of aromatic carboxylic acids is 1. The highest BCUT2D eigenvalue weighted by Crippen LogP contribution is 2.27. The Labute approximate surface area is 172 Å². The molecule has 0 radical (unpaired) electrons.